The van der Waals surface area contributed by atoms with Crippen molar-refractivity contribution in [2.24, 2.45) is 0 Å². The second-order valence-electron chi connectivity index (χ2n) is 6.96. The first kappa shape index (κ1) is 22.2. The van der Waals surface area contributed by atoms with Crippen molar-refractivity contribution in [1.29, 1.82) is 0 Å². The molecule has 0 aliphatic rings. The van der Waals surface area contributed by atoms with E-state index in [0.717, 1.165) is 16.8 Å². The van der Waals surface area contributed by atoms with Gasteiger partial charge in [-0.1, -0.05) is 83.5 Å². The number of nitrogens with one attached hydrogen (secondary N) is 1. The van der Waals surface area contributed by atoms with Crippen LogP contribution in [0.5, 0.6) is 0 Å². The summed E-state index contributed by atoms with van der Waals surface area (Å²) >= 11 is 13.4. The van der Waals surface area contributed by atoms with Gasteiger partial charge in [0.25, 0.3) is 0 Å². The van der Waals surface area contributed by atoms with E-state index >= 15 is 0 Å². The predicted molar refractivity (Wildman–Crippen MR) is 131 cm³/mol. The highest BCUT2D eigenvalue weighted by Crippen LogP contribution is 2.32. The Morgan fingerprint density at radius 3 is 2.47 bits per heavy atom. The molecule has 4 aromatic rings. The molecule has 0 radical (unpaired) electrons. The van der Waals surface area contributed by atoms with Crippen LogP contribution in [-0.4, -0.2) is 26.0 Å². The molecule has 6 nitrogen and oxygen atoms in total. The van der Waals surface area contributed by atoms with E-state index in [1.165, 1.54) is 16.4 Å². The van der Waals surface area contributed by atoms with Gasteiger partial charge < -0.3 is 11.2 Å². The molecule has 9 heteroatoms. The number of benzene rings is 3. The zero-order chi connectivity index (χ0) is 22.7. The average Bonchev–Trinajstić information content (AvgIpc) is 3.14. The third-order valence-electron chi connectivity index (χ3n) is 4.76. The quantitative estimate of drug-likeness (QED) is 0.269. The molecule has 1 amide bonds. The second-order valence-corrected chi connectivity index (χ2v) is 9.11. The predicted octanol–water partition coefficient (Wildman–Crippen LogP) is 5.75. The molecule has 1 atom stereocenters. The summed E-state index contributed by atoms with van der Waals surface area (Å²) in [5.74, 6) is 6.40. The highest BCUT2D eigenvalue weighted by atomic mass is 35.5. The molecular formula is C23H19Cl2N5OS. The van der Waals surface area contributed by atoms with E-state index in [9.17, 15) is 4.79 Å². The average molecular weight is 484 g/mol. The van der Waals surface area contributed by atoms with Crippen molar-refractivity contribution >= 4 is 46.6 Å². The van der Waals surface area contributed by atoms with Crippen molar-refractivity contribution in [3.8, 4) is 22.5 Å². The summed E-state index contributed by atoms with van der Waals surface area (Å²) in [6.45, 7) is 1.79. The summed E-state index contributed by atoms with van der Waals surface area (Å²) in [7, 11) is 0. The minimum atomic E-state index is -0.473. The minimum Gasteiger partial charge on any atom is -0.335 e. The Balaban J connectivity index is 1.51. The summed E-state index contributed by atoms with van der Waals surface area (Å²) in [5.41, 5.74) is 3.31. The number of anilines is 1. The van der Waals surface area contributed by atoms with Crippen LogP contribution in [0.15, 0.2) is 78.0 Å². The van der Waals surface area contributed by atoms with Gasteiger partial charge >= 0.3 is 0 Å². The van der Waals surface area contributed by atoms with Gasteiger partial charge in [0.2, 0.25) is 11.1 Å². The number of para-hydroxylation sites is 1. The van der Waals surface area contributed by atoms with Crippen LogP contribution < -0.4 is 11.2 Å². The molecule has 1 aromatic heterocycles. The van der Waals surface area contributed by atoms with Crippen LogP contribution in [0.4, 0.5) is 5.69 Å². The fourth-order valence-corrected chi connectivity index (χ4v) is 4.38. The number of carbonyl (C=O) groups excluding carboxylic acids is 1. The number of thioether (sulfide) groups is 1. The van der Waals surface area contributed by atoms with Gasteiger partial charge in [-0.15, -0.1) is 10.2 Å². The first-order valence-electron chi connectivity index (χ1n) is 9.72. The molecule has 0 saturated heterocycles. The fourth-order valence-electron chi connectivity index (χ4n) is 3.12. The summed E-state index contributed by atoms with van der Waals surface area (Å²) in [6.07, 6.45) is 0. The number of aromatic nitrogens is 3. The summed E-state index contributed by atoms with van der Waals surface area (Å²) in [5, 5.41) is 12.1. The normalized spacial score (nSPS) is 11.8. The van der Waals surface area contributed by atoms with Crippen LogP contribution >= 0.6 is 35.0 Å². The Hall–Kier alpha value is -3.00. The van der Waals surface area contributed by atoms with E-state index in [0.29, 0.717) is 26.6 Å². The van der Waals surface area contributed by atoms with Gasteiger partial charge in [0.05, 0.1) is 10.3 Å². The number of halogens is 2. The zero-order valence-corrected chi connectivity index (χ0v) is 19.3. The molecule has 0 aliphatic carbocycles. The van der Waals surface area contributed by atoms with Gasteiger partial charge in [0.1, 0.15) is 0 Å². The standard InChI is InChI=1S/C23H19Cl2N5OS/c1-14(22(31)27-20-10-6-5-9-17(20)15-7-3-2-4-8-15)32-23-29-28-21(30(23)26)18-12-11-16(24)13-19(18)25/h2-14H,26H2,1H3,(H,27,31). The molecule has 0 spiro atoms. The van der Waals surface area contributed by atoms with Crippen LogP contribution in [0, 0.1) is 0 Å². The first-order chi connectivity index (χ1) is 15.4. The number of nitrogens with two attached hydrogens (primary N) is 1. The molecular weight excluding hydrogens is 465 g/mol. The Kier molecular flexibility index (Phi) is 6.69. The Morgan fingerprint density at radius 1 is 1.00 bits per heavy atom. The number of nitrogens with zero attached hydrogens (tertiary/aromatic N) is 3. The molecule has 0 aliphatic heterocycles. The molecule has 1 heterocycles. The fraction of sp³-hybridized carbons (Fsp3) is 0.0870. The maximum Gasteiger partial charge on any atom is 0.237 e. The Morgan fingerprint density at radius 2 is 1.72 bits per heavy atom. The SMILES string of the molecule is CC(Sc1nnc(-c2ccc(Cl)cc2Cl)n1N)C(=O)Nc1ccccc1-c1ccccc1. The van der Waals surface area contributed by atoms with Crippen molar-refractivity contribution in [2.45, 2.75) is 17.3 Å². The largest absolute Gasteiger partial charge is 0.335 e. The molecule has 0 saturated carbocycles. The van der Waals surface area contributed by atoms with Crippen molar-refractivity contribution < 1.29 is 4.79 Å². The molecule has 0 fully saturated rings. The zero-order valence-electron chi connectivity index (χ0n) is 17.0. The van der Waals surface area contributed by atoms with Crippen molar-refractivity contribution in [3.05, 3.63) is 82.8 Å². The number of carbonyl (C=O) groups is 1. The Labute approximate surface area is 199 Å². The highest BCUT2D eigenvalue weighted by Gasteiger charge is 2.21. The summed E-state index contributed by atoms with van der Waals surface area (Å²) in [4.78, 5) is 12.9. The van der Waals surface area contributed by atoms with E-state index < -0.39 is 5.25 Å². The van der Waals surface area contributed by atoms with Crippen LogP contribution in [0.25, 0.3) is 22.5 Å². The lowest BCUT2D eigenvalue weighted by atomic mass is 10.0. The van der Waals surface area contributed by atoms with Gasteiger partial charge in [-0.05, 0) is 36.8 Å². The third kappa shape index (κ3) is 4.75. The van der Waals surface area contributed by atoms with Gasteiger partial charge in [-0.25, -0.2) is 4.68 Å². The number of nitrogen functional groups attached to an aromatic ring is 1. The smallest absolute Gasteiger partial charge is 0.237 e. The molecule has 1 unspecified atom stereocenters. The number of hydrogen-bond acceptors (Lipinski definition) is 5. The number of hydrogen-bond donors (Lipinski definition) is 2. The van der Waals surface area contributed by atoms with E-state index in [-0.39, 0.29) is 5.91 Å². The molecule has 162 valence electrons. The summed E-state index contributed by atoms with van der Waals surface area (Å²) < 4.78 is 1.32. The molecule has 3 aromatic carbocycles. The van der Waals surface area contributed by atoms with Gasteiger partial charge in [0.15, 0.2) is 5.82 Å². The lowest BCUT2D eigenvalue weighted by molar-refractivity contribution is -0.115. The van der Waals surface area contributed by atoms with E-state index in [4.69, 9.17) is 29.0 Å². The van der Waals surface area contributed by atoms with E-state index in [1.54, 1.807) is 25.1 Å². The topological polar surface area (TPSA) is 85.8 Å². The monoisotopic (exact) mass is 483 g/mol. The maximum absolute atomic E-state index is 12.9. The van der Waals surface area contributed by atoms with E-state index in [2.05, 4.69) is 15.5 Å². The molecule has 3 N–H and O–H groups in total. The molecule has 0 bridgehead atoms. The van der Waals surface area contributed by atoms with Crippen molar-refractivity contribution in [1.82, 2.24) is 14.9 Å². The molecule has 4 rings (SSSR count). The van der Waals surface area contributed by atoms with Gasteiger partial charge in [-0.3, -0.25) is 4.79 Å². The molecule has 32 heavy (non-hydrogen) atoms. The van der Waals surface area contributed by atoms with E-state index in [1.807, 2.05) is 54.6 Å². The van der Waals surface area contributed by atoms with Crippen molar-refractivity contribution in [2.75, 3.05) is 11.2 Å². The van der Waals surface area contributed by atoms with Crippen LogP contribution in [0.2, 0.25) is 10.0 Å². The van der Waals surface area contributed by atoms with Gasteiger partial charge in [0, 0.05) is 21.8 Å². The van der Waals surface area contributed by atoms with Crippen molar-refractivity contribution in [3.63, 3.8) is 0 Å². The Bertz CT molecular complexity index is 1260. The second kappa shape index (κ2) is 9.65. The number of amides is 1. The maximum atomic E-state index is 12.9. The van der Waals surface area contributed by atoms with Gasteiger partial charge in [-0.2, -0.15) is 0 Å². The lowest BCUT2D eigenvalue weighted by Crippen LogP contribution is -2.24. The minimum absolute atomic E-state index is 0.174. The lowest BCUT2D eigenvalue weighted by Gasteiger charge is -2.14. The highest BCUT2D eigenvalue weighted by molar-refractivity contribution is 8.00. The van der Waals surface area contributed by atoms with Crippen LogP contribution in [0.1, 0.15) is 6.92 Å². The summed E-state index contributed by atoms with van der Waals surface area (Å²) in [6, 6.07) is 22.6. The number of rotatable bonds is 6. The van der Waals surface area contributed by atoms with Crippen LogP contribution in [0.3, 0.4) is 0 Å². The third-order valence-corrected chi connectivity index (χ3v) is 6.36. The van der Waals surface area contributed by atoms with Crippen LogP contribution in [-0.2, 0) is 4.79 Å². The first-order valence-corrected chi connectivity index (χ1v) is 11.4.